The maximum absolute atomic E-state index is 11.8. The van der Waals surface area contributed by atoms with Gasteiger partial charge >= 0.3 is 0 Å². The molecule has 0 aliphatic carbocycles. The molecule has 26 heavy (non-hydrogen) atoms. The van der Waals surface area contributed by atoms with Gasteiger partial charge in [-0.3, -0.25) is 4.79 Å². The van der Waals surface area contributed by atoms with Crippen LogP contribution in [0, 0.1) is 11.3 Å². The van der Waals surface area contributed by atoms with E-state index in [9.17, 15) is 4.79 Å². The van der Waals surface area contributed by atoms with Gasteiger partial charge < -0.3 is 15.8 Å². The molecule has 0 saturated heterocycles. The highest BCUT2D eigenvalue weighted by atomic mass is 16.5. The Balaban J connectivity index is 1.75. The quantitative estimate of drug-likeness (QED) is 0.708. The second kappa shape index (κ2) is 7.86. The third-order valence-corrected chi connectivity index (χ3v) is 3.82. The summed E-state index contributed by atoms with van der Waals surface area (Å²) in [4.78, 5) is 11.8. The Kier molecular flexibility index (Phi) is 5.16. The molecule has 5 heteroatoms. The van der Waals surface area contributed by atoms with E-state index in [1.165, 1.54) is 0 Å². The Morgan fingerprint density at radius 2 is 1.62 bits per heavy atom. The fourth-order valence-electron chi connectivity index (χ4n) is 2.53. The molecule has 0 saturated carbocycles. The predicted octanol–water partition coefficient (Wildman–Crippen LogP) is 3.99. The third kappa shape index (κ3) is 4.00. The van der Waals surface area contributed by atoms with E-state index in [1.54, 1.807) is 42.5 Å². The van der Waals surface area contributed by atoms with E-state index in [0.29, 0.717) is 17.1 Å². The van der Waals surface area contributed by atoms with Gasteiger partial charge in [-0.25, -0.2) is 0 Å². The predicted molar refractivity (Wildman–Crippen MR) is 99.7 cm³/mol. The molecule has 3 aromatic rings. The summed E-state index contributed by atoms with van der Waals surface area (Å²) in [7, 11) is 0. The number of amides is 1. The molecule has 0 aromatic heterocycles. The molecule has 0 aliphatic rings. The molecular weight excluding hydrogens is 326 g/mol. The molecule has 3 rings (SSSR count). The normalized spacial score (nSPS) is 11.2. The van der Waals surface area contributed by atoms with E-state index in [-0.39, 0.29) is 0 Å². The minimum absolute atomic E-state index is 0.459. The zero-order valence-corrected chi connectivity index (χ0v) is 13.9. The molecule has 128 valence electrons. The molecule has 0 aliphatic heterocycles. The van der Waals surface area contributed by atoms with Gasteiger partial charge in [0.25, 0.3) is 0 Å². The fourth-order valence-corrected chi connectivity index (χ4v) is 2.53. The minimum atomic E-state index is -0.623. The number of primary amides is 1. The summed E-state index contributed by atoms with van der Waals surface area (Å²) in [5.74, 6) is 0.628. The Labute approximate surface area is 151 Å². The van der Waals surface area contributed by atoms with Crippen molar-refractivity contribution in [1.82, 2.24) is 0 Å². The molecule has 5 nitrogen and oxygen atoms in total. The van der Waals surface area contributed by atoms with Crippen molar-refractivity contribution in [1.29, 1.82) is 5.26 Å². The van der Waals surface area contributed by atoms with Gasteiger partial charge in [-0.1, -0.05) is 42.5 Å². The summed E-state index contributed by atoms with van der Waals surface area (Å²) in [6.45, 7) is 0. The monoisotopic (exact) mass is 343 g/mol. The Hall–Kier alpha value is -3.78. The number of carbonyl (C=O) groups is 1. The SMILES string of the molecule is N#Cc1ccccc1Oc1ccc(NC(C(N)=O)c2ccccc2)cc1. The maximum atomic E-state index is 11.8. The van der Waals surface area contributed by atoms with Crippen LogP contribution in [0.15, 0.2) is 78.9 Å². The molecule has 0 spiro atoms. The first-order valence-electron chi connectivity index (χ1n) is 8.05. The van der Waals surface area contributed by atoms with Gasteiger partial charge in [0, 0.05) is 5.69 Å². The molecule has 0 fully saturated rings. The van der Waals surface area contributed by atoms with Crippen molar-refractivity contribution in [2.45, 2.75) is 6.04 Å². The summed E-state index contributed by atoms with van der Waals surface area (Å²) >= 11 is 0. The second-order valence-electron chi connectivity index (χ2n) is 5.62. The maximum Gasteiger partial charge on any atom is 0.244 e. The van der Waals surface area contributed by atoms with Gasteiger partial charge in [-0.2, -0.15) is 5.26 Å². The van der Waals surface area contributed by atoms with Crippen LogP contribution < -0.4 is 15.8 Å². The number of anilines is 1. The van der Waals surface area contributed by atoms with Crippen LogP contribution >= 0.6 is 0 Å². The zero-order valence-electron chi connectivity index (χ0n) is 13.9. The second-order valence-corrected chi connectivity index (χ2v) is 5.62. The first-order chi connectivity index (χ1) is 12.7. The Morgan fingerprint density at radius 1 is 0.962 bits per heavy atom. The van der Waals surface area contributed by atoms with Gasteiger partial charge in [-0.05, 0) is 42.0 Å². The standard InChI is InChI=1S/C21H17N3O2/c22-14-16-8-4-5-9-19(16)26-18-12-10-17(11-13-18)24-20(21(23)25)15-6-2-1-3-7-15/h1-13,20,24H,(H2,23,25). The van der Waals surface area contributed by atoms with Crippen LogP contribution in [0.5, 0.6) is 11.5 Å². The van der Waals surface area contributed by atoms with Crippen LogP contribution in [0.4, 0.5) is 5.69 Å². The van der Waals surface area contributed by atoms with E-state index < -0.39 is 11.9 Å². The zero-order chi connectivity index (χ0) is 18.4. The van der Waals surface area contributed by atoms with E-state index in [2.05, 4.69) is 11.4 Å². The lowest BCUT2D eigenvalue weighted by Crippen LogP contribution is -2.27. The highest BCUT2D eigenvalue weighted by molar-refractivity contribution is 5.84. The van der Waals surface area contributed by atoms with Gasteiger partial charge in [0.2, 0.25) is 5.91 Å². The van der Waals surface area contributed by atoms with Crippen molar-refractivity contribution < 1.29 is 9.53 Å². The highest BCUT2D eigenvalue weighted by Crippen LogP contribution is 2.27. The number of nitriles is 1. The highest BCUT2D eigenvalue weighted by Gasteiger charge is 2.17. The van der Waals surface area contributed by atoms with Crippen molar-refractivity contribution >= 4 is 11.6 Å². The molecule has 0 bridgehead atoms. The van der Waals surface area contributed by atoms with Crippen molar-refractivity contribution in [3.05, 3.63) is 90.0 Å². The first-order valence-corrected chi connectivity index (χ1v) is 8.05. The van der Waals surface area contributed by atoms with E-state index in [1.807, 2.05) is 36.4 Å². The number of benzene rings is 3. The number of nitrogens with one attached hydrogen (secondary N) is 1. The van der Waals surface area contributed by atoms with Gasteiger partial charge in [0.1, 0.15) is 23.6 Å². The lowest BCUT2D eigenvalue weighted by atomic mass is 10.1. The molecule has 0 heterocycles. The lowest BCUT2D eigenvalue weighted by Gasteiger charge is -2.17. The number of ether oxygens (including phenoxy) is 1. The number of rotatable bonds is 6. The van der Waals surface area contributed by atoms with Crippen LogP contribution in [0.3, 0.4) is 0 Å². The van der Waals surface area contributed by atoms with Crippen molar-refractivity contribution in [3.8, 4) is 17.6 Å². The molecule has 0 radical (unpaired) electrons. The van der Waals surface area contributed by atoms with Crippen molar-refractivity contribution in [2.75, 3.05) is 5.32 Å². The molecular formula is C21H17N3O2. The number of nitrogens with two attached hydrogens (primary N) is 1. The van der Waals surface area contributed by atoms with Crippen molar-refractivity contribution in [2.24, 2.45) is 5.73 Å². The average Bonchev–Trinajstić information content (AvgIpc) is 2.68. The summed E-state index contributed by atoms with van der Waals surface area (Å²) < 4.78 is 5.75. The summed E-state index contributed by atoms with van der Waals surface area (Å²) in [5, 5.41) is 12.2. The molecule has 1 atom stereocenters. The summed E-state index contributed by atoms with van der Waals surface area (Å²) in [6, 6.07) is 24.9. The fraction of sp³-hybridized carbons (Fsp3) is 0.0476. The van der Waals surface area contributed by atoms with Gasteiger partial charge in [0.15, 0.2) is 0 Å². The molecule has 1 amide bonds. The Bertz CT molecular complexity index is 931. The smallest absolute Gasteiger partial charge is 0.244 e. The number of nitrogens with zero attached hydrogens (tertiary/aromatic N) is 1. The number of hydrogen-bond donors (Lipinski definition) is 2. The van der Waals surface area contributed by atoms with Crippen LogP contribution in [0.1, 0.15) is 17.2 Å². The molecule has 3 aromatic carbocycles. The third-order valence-electron chi connectivity index (χ3n) is 3.82. The van der Waals surface area contributed by atoms with Crippen LogP contribution in [0.2, 0.25) is 0 Å². The number of para-hydroxylation sites is 1. The average molecular weight is 343 g/mol. The molecule has 1 unspecified atom stereocenters. The van der Waals surface area contributed by atoms with Crippen LogP contribution in [-0.2, 0) is 4.79 Å². The number of carbonyl (C=O) groups excluding carboxylic acids is 1. The summed E-state index contributed by atoms with van der Waals surface area (Å²) in [5.41, 5.74) is 7.52. The first kappa shape index (κ1) is 17.1. The van der Waals surface area contributed by atoms with Crippen molar-refractivity contribution in [3.63, 3.8) is 0 Å². The van der Waals surface area contributed by atoms with E-state index >= 15 is 0 Å². The largest absolute Gasteiger partial charge is 0.456 e. The van der Waals surface area contributed by atoms with Gasteiger partial charge in [-0.15, -0.1) is 0 Å². The van der Waals surface area contributed by atoms with Crippen LogP contribution in [0.25, 0.3) is 0 Å². The van der Waals surface area contributed by atoms with Gasteiger partial charge in [0.05, 0.1) is 5.56 Å². The van der Waals surface area contributed by atoms with E-state index in [0.717, 1.165) is 11.3 Å². The lowest BCUT2D eigenvalue weighted by molar-refractivity contribution is -0.118. The number of hydrogen-bond acceptors (Lipinski definition) is 4. The molecule has 3 N–H and O–H groups in total. The van der Waals surface area contributed by atoms with E-state index in [4.69, 9.17) is 15.7 Å². The van der Waals surface area contributed by atoms with Crippen LogP contribution in [-0.4, -0.2) is 5.91 Å². The minimum Gasteiger partial charge on any atom is -0.456 e. The topological polar surface area (TPSA) is 88.1 Å². The summed E-state index contributed by atoms with van der Waals surface area (Å²) in [6.07, 6.45) is 0. The Morgan fingerprint density at radius 3 is 2.27 bits per heavy atom.